The summed E-state index contributed by atoms with van der Waals surface area (Å²) >= 11 is 0. The summed E-state index contributed by atoms with van der Waals surface area (Å²) in [5.41, 5.74) is 3.81. The quantitative estimate of drug-likeness (QED) is 0.483. The molecule has 0 radical (unpaired) electrons. The van der Waals surface area contributed by atoms with Crippen LogP contribution in [0.4, 0.5) is 0 Å². The first-order valence-electron chi connectivity index (χ1n) is 12.3. The average Bonchev–Trinajstić information content (AvgIpc) is 3.14. The van der Waals surface area contributed by atoms with E-state index < -0.39 is 5.97 Å². The Hall–Kier alpha value is -3.03. The molecule has 0 saturated heterocycles. The zero-order chi connectivity index (χ0) is 24.4. The van der Waals surface area contributed by atoms with Gasteiger partial charge in [-0.25, -0.2) is 9.97 Å². The third-order valence-electron chi connectivity index (χ3n) is 7.01. The lowest BCUT2D eigenvalue weighted by atomic mass is 9.79. The van der Waals surface area contributed by atoms with Gasteiger partial charge in [-0.15, -0.1) is 0 Å². The van der Waals surface area contributed by atoms with Crippen LogP contribution in [0, 0.1) is 25.7 Å². The van der Waals surface area contributed by atoms with Crippen LogP contribution in [0.15, 0.2) is 21.5 Å². The van der Waals surface area contributed by atoms with E-state index in [0.717, 1.165) is 24.1 Å². The largest absolute Gasteiger partial charge is 0.481 e. The van der Waals surface area contributed by atoms with Gasteiger partial charge in [0.05, 0.1) is 17.0 Å². The van der Waals surface area contributed by atoms with Crippen LogP contribution < -0.4 is 5.56 Å². The second-order valence-corrected chi connectivity index (χ2v) is 9.85. The fourth-order valence-electron chi connectivity index (χ4n) is 5.50. The maximum Gasteiger partial charge on any atom is 0.303 e. The zero-order valence-corrected chi connectivity index (χ0v) is 20.5. The number of carboxylic acid groups (broad SMARTS) is 1. The van der Waals surface area contributed by atoms with Gasteiger partial charge < -0.3 is 9.63 Å². The Morgan fingerprint density at radius 3 is 2.53 bits per heavy atom. The molecule has 0 unspecified atom stereocenters. The summed E-state index contributed by atoms with van der Waals surface area (Å²) in [6, 6.07) is 3.80. The predicted molar refractivity (Wildman–Crippen MR) is 130 cm³/mol. The van der Waals surface area contributed by atoms with Crippen LogP contribution in [-0.2, 0) is 11.2 Å². The van der Waals surface area contributed by atoms with Gasteiger partial charge in [0.1, 0.15) is 17.0 Å². The van der Waals surface area contributed by atoms with Gasteiger partial charge in [0.15, 0.2) is 5.65 Å². The lowest BCUT2D eigenvalue weighted by Crippen LogP contribution is -2.36. The maximum atomic E-state index is 13.9. The van der Waals surface area contributed by atoms with E-state index in [-0.39, 0.29) is 23.9 Å². The molecule has 0 spiro atoms. The molecule has 8 nitrogen and oxygen atoms in total. The van der Waals surface area contributed by atoms with Crippen LogP contribution in [-0.4, -0.2) is 30.8 Å². The van der Waals surface area contributed by atoms with Crippen molar-refractivity contribution in [3.05, 3.63) is 39.6 Å². The average molecular weight is 467 g/mol. The Balaban J connectivity index is 1.92. The van der Waals surface area contributed by atoms with E-state index >= 15 is 0 Å². The number of carboxylic acids is 1. The summed E-state index contributed by atoms with van der Waals surface area (Å²) in [4.78, 5) is 34.5. The van der Waals surface area contributed by atoms with Gasteiger partial charge in [-0.05, 0) is 63.5 Å². The van der Waals surface area contributed by atoms with E-state index in [1.807, 2.05) is 30.5 Å². The molecule has 3 aromatic heterocycles. The topological polar surface area (TPSA) is 111 Å². The van der Waals surface area contributed by atoms with Crippen molar-refractivity contribution in [2.75, 3.05) is 0 Å². The van der Waals surface area contributed by atoms with Gasteiger partial charge in [-0.2, -0.15) is 0 Å². The highest BCUT2D eigenvalue weighted by atomic mass is 16.5. The van der Waals surface area contributed by atoms with Crippen molar-refractivity contribution in [3.8, 4) is 11.3 Å². The Morgan fingerprint density at radius 2 is 1.91 bits per heavy atom. The van der Waals surface area contributed by atoms with E-state index in [0.29, 0.717) is 47.1 Å². The Labute approximate surface area is 199 Å². The standard InChI is InChI=1S/C26H34N4O4/c1-15(2)24(18-9-6-5-7-10-18)30-25-20(27-21(26(30)33)11-8-12-22(31)32)14-13-19(28-25)23-16(3)29-34-17(23)4/h13-15,18,24H,5-12H2,1-4H3,(H,31,32)/t24-/m0/s1. The molecule has 3 heterocycles. The van der Waals surface area contributed by atoms with Gasteiger partial charge in [-0.3, -0.25) is 14.2 Å². The van der Waals surface area contributed by atoms with Crippen molar-refractivity contribution in [3.63, 3.8) is 0 Å². The van der Waals surface area contributed by atoms with Crippen molar-refractivity contribution in [2.24, 2.45) is 11.8 Å². The lowest BCUT2D eigenvalue weighted by Gasteiger charge is -2.35. The van der Waals surface area contributed by atoms with Crippen LogP contribution in [0.1, 0.15) is 82.0 Å². The molecule has 1 aliphatic carbocycles. The van der Waals surface area contributed by atoms with Gasteiger partial charge in [0, 0.05) is 12.5 Å². The molecule has 1 saturated carbocycles. The van der Waals surface area contributed by atoms with E-state index in [2.05, 4.69) is 24.0 Å². The van der Waals surface area contributed by atoms with Crippen LogP contribution in [0.5, 0.6) is 0 Å². The third-order valence-corrected chi connectivity index (χ3v) is 7.01. The second kappa shape index (κ2) is 10.1. The highest BCUT2D eigenvalue weighted by Crippen LogP contribution is 2.38. The number of aliphatic carboxylic acids is 1. The van der Waals surface area contributed by atoms with E-state index in [4.69, 9.17) is 14.6 Å². The molecule has 3 aromatic rings. The molecule has 1 aliphatic rings. The van der Waals surface area contributed by atoms with Gasteiger partial charge in [-0.1, -0.05) is 38.3 Å². The van der Waals surface area contributed by atoms with Crippen LogP contribution in [0.3, 0.4) is 0 Å². The summed E-state index contributed by atoms with van der Waals surface area (Å²) in [5.74, 6) is 0.453. The highest BCUT2D eigenvalue weighted by Gasteiger charge is 2.31. The number of aromatic nitrogens is 4. The molecule has 1 N–H and O–H groups in total. The Bertz CT molecular complexity index is 1220. The van der Waals surface area contributed by atoms with E-state index in [9.17, 15) is 9.59 Å². The zero-order valence-electron chi connectivity index (χ0n) is 20.5. The lowest BCUT2D eigenvalue weighted by molar-refractivity contribution is -0.137. The molecule has 8 heteroatoms. The molecule has 0 aromatic carbocycles. The van der Waals surface area contributed by atoms with Crippen molar-refractivity contribution in [2.45, 2.75) is 85.1 Å². The number of aryl methyl sites for hydroxylation is 3. The summed E-state index contributed by atoms with van der Waals surface area (Å²) in [7, 11) is 0. The number of rotatable bonds is 8. The van der Waals surface area contributed by atoms with Crippen molar-refractivity contribution in [1.82, 2.24) is 19.7 Å². The first-order valence-corrected chi connectivity index (χ1v) is 12.3. The second-order valence-electron chi connectivity index (χ2n) is 9.85. The molecular formula is C26H34N4O4. The first-order chi connectivity index (χ1) is 16.3. The molecule has 34 heavy (non-hydrogen) atoms. The molecule has 182 valence electrons. The fraction of sp³-hybridized carbons (Fsp3) is 0.577. The summed E-state index contributed by atoms with van der Waals surface area (Å²) in [5, 5.41) is 13.1. The van der Waals surface area contributed by atoms with E-state index in [1.54, 1.807) is 0 Å². The predicted octanol–water partition coefficient (Wildman–Crippen LogP) is 5.25. The van der Waals surface area contributed by atoms with Crippen LogP contribution in [0.2, 0.25) is 0 Å². The fourth-order valence-corrected chi connectivity index (χ4v) is 5.50. The van der Waals surface area contributed by atoms with Crippen molar-refractivity contribution < 1.29 is 14.4 Å². The van der Waals surface area contributed by atoms with Gasteiger partial charge in [0.2, 0.25) is 0 Å². The number of carbonyl (C=O) groups is 1. The Kier molecular flexibility index (Phi) is 7.14. The molecule has 4 rings (SSSR count). The van der Waals surface area contributed by atoms with E-state index in [1.165, 1.54) is 19.3 Å². The van der Waals surface area contributed by atoms with Gasteiger partial charge >= 0.3 is 5.97 Å². The molecule has 0 aliphatic heterocycles. The number of pyridine rings is 1. The number of hydrogen-bond acceptors (Lipinski definition) is 6. The molecular weight excluding hydrogens is 432 g/mol. The maximum absolute atomic E-state index is 13.9. The number of fused-ring (bicyclic) bond motifs is 1. The molecule has 0 amide bonds. The van der Waals surface area contributed by atoms with Crippen molar-refractivity contribution in [1.29, 1.82) is 0 Å². The summed E-state index contributed by atoms with van der Waals surface area (Å²) in [6.45, 7) is 8.07. The van der Waals surface area contributed by atoms with Crippen molar-refractivity contribution >= 4 is 17.1 Å². The number of nitrogens with zero attached hydrogens (tertiary/aromatic N) is 4. The van der Waals surface area contributed by atoms with Crippen LogP contribution >= 0.6 is 0 Å². The monoisotopic (exact) mass is 466 g/mol. The third kappa shape index (κ3) is 4.76. The summed E-state index contributed by atoms with van der Waals surface area (Å²) < 4.78 is 7.23. The normalized spacial score (nSPS) is 15.8. The minimum atomic E-state index is -0.867. The van der Waals surface area contributed by atoms with Crippen LogP contribution in [0.25, 0.3) is 22.4 Å². The highest BCUT2D eigenvalue weighted by molar-refractivity contribution is 5.76. The number of hydrogen-bond donors (Lipinski definition) is 1. The Morgan fingerprint density at radius 1 is 1.18 bits per heavy atom. The molecule has 1 fully saturated rings. The SMILES string of the molecule is Cc1noc(C)c1-c1ccc2nc(CCCC(=O)O)c(=O)n([C@@H](C(C)C)C3CCCCC3)c2n1. The minimum absolute atomic E-state index is 0.00365. The first kappa shape index (κ1) is 24.1. The summed E-state index contributed by atoms with van der Waals surface area (Å²) in [6.07, 6.45) is 6.50. The molecule has 1 atom stereocenters. The molecule has 0 bridgehead atoms. The smallest absolute Gasteiger partial charge is 0.303 e. The van der Waals surface area contributed by atoms with Gasteiger partial charge in [0.25, 0.3) is 5.56 Å². The minimum Gasteiger partial charge on any atom is -0.481 e.